The van der Waals surface area contributed by atoms with Gasteiger partial charge in [0.1, 0.15) is 5.75 Å². The number of Topliss-reactive ketones (excluding diaryl/α,β-unsaturated/α-hetero) is 1. The zero-order valence-corrected chi connectivity index (χ0v) is 15.8. The highest BCUT2D eigenvalue weighted by Crippen LogP contribution is 2.16. The van der Waals surface area contributed by atoms with E-state index in [4.69, 9.17) is 4.74 Å². The number of methoxy groups -OCH3 is 1. The van der Waals surface area contributed by atoms with Gasteiger partial charge >= 0.3 is 0 Å². The van der Waals surface area contributed by atoms with Gasteiger partial charge in [-0.1, -0.05) is 35.9 Å². The Morgan fingerprint density at radius 3 is 2.41 bits per heavy atom. The summed E-state index contributed by atoms with van der Waals surface area (Å²) in [5, 5.41) is 2.72. The van der Waals surface area contributed by atoms with Gasteiger partial charge in [-0.3, -0.25) is 14.4 Å². The SMILES string of the molecule is COc1cccc(NC(=O)CN(C)C(=O)CCC(=O)c2ccc(C)cc2)c1. The van der Waals surface area contributed by atoms with Crippen LogP contribution in [-0.2, 0) is 9.59 Å². The number of hydrogen-bond acceptors (Lipinski definition) is 4. The van der Waals surface area contributed by atoms with Crippen molar-refractivity contribution in [2.45, 2.75) is 19.8 Å². The van der Waals surface area contributed by atoms with E-state index in [-0.39, 0.29) is 37.0 Å². The molecule has 0 fully saturated rings. The molecule has 2 aromatic carbocycles. The van der Waals surface area contributed by atoms with Crippen LogP contribution in [0.2, 0.25) is 0 Å². The zero-order valence-electron chi connectivity index (χ0n) is 15.8. The summed E-state index contributed by atoms with van der Waals surface area (Å²) in [5.41, 5.74) is 2.26. The molecule has 0 saturated heterocycles. The van der Waals surface area contributed by atoms with Crippen molar-refractivity contribution >= 4 is 23.3 Å². The van der Waals surface area contributed by atoms with Gasteiger partial charge in [0.15, 0.2) is 5.78 Å². The van der Waals surface area contributed by atoms with Crippen molar-refractivity contribution in [2.24, 2.45) is 0 Å². The Labute approximate surface area is 159 Å². The molecule has 142 valence electrons. The van der Waals surface area contributed by atoms with Gasteiger partial charge in [-0.25, -0.2) is 0 Å². The zero-order chi connectivity index (χ0) is 19.8. The highest BCUT2D eigenvalue weighted by atomic mass is 16.5. The quantitative estimate of drug-likeness (QED) is 0.727. The summed E-state index contributed by atoms with van der Waals surface area (Å²) in [6.07, 6.45) is 0.180. The maximum absolute atomic E-state index is 12.2. The summed E-state index contributed by atoms with van der Waals surface area (Å²) in [6, 6.07) is 14.2. The van der Waals surface area contributed by atoms with Crippen LogP contribution in [0.5, 0.6) is 5.75 Å². The molecule has 6 nitrogen and oxygen atoms in total. The number of carbonyl (C=O) groups excluding carboxylic acids is 3. The molecule has 27 heavy (non-hydrogen) atoms. The van der Waals surface area contributed by atoms with E-state index in [1.807, 2.05) is 19.1 Å². The lowest BCUT2D eigenvalue weighted by atomic mass is 10.0. The minimum absolute atomic E-state index is 0.0651. The molecule has 0 aliphatic heterocycles. The van der Waals surface area contributed by atoms with E-state index in [1.54, 1.807) is 50.6 Å². The number of amides is 2. The van der Waals surface area contributed by atoms with Crippen molar-refractivity contribution in [2.75, 3.05) is 26.0 Å². The van der Waals surface area contributed by atoms with E-state index in [1.165, 1.54) is 4.90 Å². The average Bonchev–Trinajstić information content (AvgIpc) is 2.66. The first-order chi connectivity index (χ1) is 12.9. The number of carbonyl (C=O) groups is 3. The van der Waals surface area contributed by atoms with E-state index in [0.29, 0.717) is 17.0 Å². The van der Waals surface area contributed by atoms with Crippen molar-refractivity contribution in [1.82, 2.24) is 4.90 Å². The number of aryl methyl sites for hydroxylation is 1. The fraction of sp³-hybridized carbons (Fsp3) is 0.286. The van der Waals surface area contributed by atoms with E-state index in [0.717, 1.165) is 5.56 Å². The lowest BCUT2D eigenvalue weighted by Gasteiger charge is -2.17. The van der Waals surface area contributed by atoms with Crippen molar-refractivity contribution in [3.05, 3.63) is 59.7 Å². The molecule has 0 bridgehead atoms. The number of benzene rings is 2. The minimum Gasteiger partial charge on any atom is -0.497 e. The van der Waals surface area contributed by atoms with Gasteiger partial charge < -0.3 is 15.0 Å². The summed E-state index contributed by atoms with van der Waals surface area (Å²) in [5.74, 6) is -0.0235. The van der Waals surface area contributed by atoms with Gasteiger partial charge in [-0.15, -0.1) is 0 Å². The number of anilines is 1. The van der Waals surface area contributed by atoms with E-state index in [9.17, 15) is 14.4 Å². The lowest BCUT2D eigenvalue weighted by Crippen LogP contribution is -2.35. The summed E-state index contributed by atoms with van der Waals surface area (Å²) >= 11 is 0. The molecule has 2 aromatic rings. The molecule has 0 saturated carbocycles. The summed E-state index contributed by atoms with van der Waals surface area (Å²) < 4.78 is 5.11. The minimum atomic E-state index is -0.316. The molecule has 0 spiro atoms. The highest BCUT2D eigenvalue weighted by molar-refractivity contribution is 5.99. The second-order valence-electron chi connectivity index (χ2n) is 6.32. The van der Waals surface area contributed by atoms with Crippen LogP contribution in [0.25, 0.3) is 0 Å². The van der Waals surface area contributed by atoms with Crippen LogP contribution in [0.15, 0.2) is 48.5 Å². The Morgan fingerprint density at radius 1 is 1.04 bits per heavy atom. The van der Waals surface area contributed by atoms with Crippen molar-refractivity contribution in [3.63, 3.8) is 0 Å². The maximum atomic E-state index is 12.2. The largest absolute Gasteiger partial charge is 0.497 e. The first kappa shape index (κ1) is 20.2. The number of hydrogen-bond donors (Lipinski definition) is 1. The first-order valence-electron chi connectivity index (χ1n) is 8.67. The summed E-state index contributed by atoms with van der Waals surface area (Å²) in [4.78, 5) is 37.8. The standard InChI is InChI=1S/C21H24N2O4/c1-15-7-9-16(10-8-15)19(24)11-12-21(26)23(2)14-20(25)22-17-5-4-6-18(13-17)27-3/h4-10,13H,11-12,14H2,1-3H3,(H,22,25). The lowest BCUT2D eigenvalue weighted by molar-refractivity contribution is -0.133. The van der Waals surface area contributed by atoms with E-state index in [2.05, 4.69) is 5.32 Å². The number of nitrogens with one attached hydrogen (secondary N) is 1. The molecule has 0 aliphatic rings. The number of ether oxygens (including phenoxy) is 1. The van der Waals surface area contributed by atoms with Crippen LogP contribution in [0.1, 0.15) is 28.8 Å². The van der Waals surface area contributed by atoms with Gasteiger partial charge in [0.2, 0.25) is 11.8 Å². The number of ketones is 1. The van der Waals surface area contributed by atoms with Crippen LogP contribution in [0.4, 0.5) is 5.69 Å². The summed E-state index contributed by atoms with van der Waals surface area (Å²) in [6.45, 7) is 1.86. The van der Waals surface area contributed by atoms with Gasteiger partial charge in [0, 0.05) is 37.2 Å². The highest BCUT2D eigenvalue weighted by Gasteiger charge is 2.15. The van der Waals surface area contributed by atoms with Crippen LogP contribution >= 0.6 is 0 Å². The fourth-order valence-electron chi connectivity index (χ4n) is 2.50. The molecular formula is C21H24N2O4. The molecule has 2 amide bonds. The molecule has 0 radical (unpaired) electrons. The molecule has 6 heteroatoms. The van der Waals surface area contributed by atoms with Crippen LogP contribution in [0.3, 0.4) is 0 Å². The average molecular weight is 368 g/mol. The first-order valence-corrected chi connectivity index (χ1v) is 8.67. The van der Waals surface area contributed by atoms with Gasteiger partial charge in [-0.2, -0.15) is 0 Å². The number of likely N-dealkylation sites (N-methyl/N-ethyl adjacent to an activating group) is 1. The maximum Gasteiger partial charge on any atom is 0.243 e. The van der Waals surface area contributed by atoms with Gasteiger partial charge in [-0.05, 0) is 19.1 Å². The molecule has 0 unspecified atom stereocenters. The Morgan fingerprint density at radius 2 is 1.74 bits per heavy atom. The van der Waals surface area contributed by atoms with Crippen LogP contribution in [-0.4, -0.2) is 43.2 Å². The molecular weight excluding hydrogens is 344 g/mol. The van der Waals surface area contributed by atoms with Crippen LogP contribution < -0.4 is 10.1 Å². The second kappa shape index (κ2) is 9.52. The van der Waals surface area contributed by atoms with Crippen LogP contribution in [0, 0.1) is 6.92 Å². The normalized spacial score (nSPS) is 10.2. The molecule has 1 N–H and O–H groups in total. The third kappa shape index (κ3) is 6.26. The number of nitrogens with zero attached hydrogens (tertiary/aromatic N) is 1. The molecule has 0 atom stereocenters. The Balaban J connectivity index is 1.81. The van der Waals surface area contributed by atoms with E-state index >= 15 is 0 Å². The predicted molar refractivity (Wildman–Crippen MR) is 104 cm³/mol. The fourth-order valence-corrected chi connectivity index (χ4v) is 2.50. The third-order valence-electron chi connectivity index (χ3n) is 4.10. The molecule has 0 aliphatic carbocycles. The Bertz CT molecular complexity index is 815. The summed E-state index contributed by atoms with van der Waals surface area (Å²) in [7, 11) is 3.09. The number of rotatable bonds is 8. The Hall–Kier alpha value is -3.15. The van der Waals surface area contributed by atoms with E-state index < -0.39 is 0 Å². The predicted octanol–water partition coefficient (Wildman–Crippen LogP) is 3.06. The van der Waals surface area contributed by atoms with Gasteiger partial charge in [0.25, 0.3) is 0 Å². The molecule has 0 aromatic heterocycles. The van der Waals surface area contributed by atoms with Crippen molar-refractivity contribution in [3.8, 4) is 5.75 Å². The van der Waals surface area contributed by atoms with Gasteiger partial charge in [0.05, 0.1) is 13.7 Å². The monoisotopic (exact) mass is 368 g/mol. The smallest absolute Gasteiger partial charge is 0.243 e. The second-order valence-corrected chi connectivity index (χ2v) is 6.32. The molecule has 0 heterocycles. The third-order valence-corrected chi connectivity index (χ3v) is 4.10. The topological polar surface area (TPSA) is 75.7 Å². The molecule has 2 rings (SSSR count). The van der Waals surface area contributed by atoms with Crippen molar-refractivity contribution < 1.29 is 19.1 Å². The van der Waals surface area contributed by atoms with Crippen molar-refractivity contribution in [1.29, 1.82) is 0 Å². The Kier molecular flexibility index (Phi) is 7.11.